The molecule has 1 atom stereocenters. The Morgan fingerprint density at radius 2 is 1.93 bits per heavy atom. The van der Waals surface area contributed by atoms with Crippen molar-refractivity contribution in [3.05, 3.63) is 54.0 Å². The van der Waals surface area contributed by atoms with Gasteiger partial charge in [-0.15, -0.1) is 0 Å². The number of halogens is 1. The lowest BCUT2D eigenvalue weighted by Crippen LogP contribution is -2.47. The molecule has 5 rings (SSSR count). The Bertz CT molecular complexity index is 1110. The van der Waals surface area contributed by atoms with Gasteiger partial charge in [-0.05, 0) is 13.0 Å². The largest absolute Gasteiger partial charge is 0.360 e. The second kappa shape index (κ2) is 7.29. The number of anilines is 2. The summed E-state index contributed by atoms with van der Waals surface area (Å²) < 4.78 is 14.4. The van der Waals surface area contributed by atoms with Crippen LogP contribution in [0.2, 0.25) is 0 Å². The Kier molecular flexibility index (Phi) is 4.46. The van der Waals surface area contributed by atoms with Crippen LogP contribution in [0.1, 0.15) is 24.2 Å². The summed E-state index contributed by atoms with van der Waals surface area (Å²) in [4.78, 5) is 37.1. The lowest BCUT2D eigenvalue weighted by atomic mass is 10.1. The van der Waals surface area contributed by atoms with Crippen LogP contribution in [-0.4, -0.2) is 50.5 Å². The molecule has 152 valence electrons. The summed E-state index contributed by atoms with van der Waals surface area (Å²) in [5.41, 5.74) is 2.43. The fourth-order valence-corrected chi connectivity index (χ4v) is 3.83. The molecule has 10 heteroatoms. The molecular formula is C20H19FN8O. The van der Waals surface area contributed by atoms with Gasteiger partial charge in [-0.3, -0.25) is 4.79 Å². The Balaban J connectivity index is 1.45. The van der Waals surface area contributed by atoms with Crippen LogP contribution in [0.15, 0.2) is 36.8 Å². The summed E-state index contributed by atoms with van der Waals surface area (Å²) in [6, 6.07) is 4.84. The van der Waals surface area contributed by atoms with E-state index < -0.39 is 5.95 Å². The van der Waals surface area contributed by atoms with Gasteiger partial charge in [0.1, 0.15) is 5.82 Å². The van der Waals surface area contributed by atoms with Crippen LogP contribution in [0.3, 0.4) is 0 Å². The van der Waals surface area contributed by atoms with Gasteiger partial charge in [0.15, 0.2) is 11.6 Å². The van der Waals surface area contributed by atoms with Crippen molar-refractivity contribution in [1.82, 2.24) is 30.2 Å². The summed E-state index contributed by atoms with van der Waals surface area (Å²) in [6.07, 6.45) is 5.06. The topological polar surface area (TPSA) is 100 Å². The number of amides is 1. The van der Waals surface area contributed by atoms with E-state index in [1.807, 2.05) is 22.8 Å². The number of hydrogen-bond acceptors (Lipinski definition) is 8. The van der Waals surface area contributed by atoms with Crippen molar-refractivity contribution in [3.63, 3.8) is 0 Å². The molecule has 30 heavy (non-hydrogen) atoms. The Morgan fingerprint density at radius 3 is 2.73 bits per heavy atom. The molecule has 3 aromatic heterocycles. The van der Waals surface area contributed by atoms with Gasteiger partial charge in [0.2, 0.25) is 11.9 Å². The second-order valence-electron chi connectivity index (χ2n) is 7.25. The number of fused-ring (bicyclic) bond motifs is 1. The van der Waals surface area contributed by atoms with Gasteiger partial charge in [0.05, 0.1) is 24.8 Å². The van der Waals surface area contributed by atoms with Crippen LogP contribution < -0.4 is 15.1 Å². The predicted octanol–water partition coefficient (Wildman–Crippen LogP) is 1.49. The van der Waals surface area contributed by atoms with Gasteiger partial charge in [-0.25, -0.2) is 24.9 Å². The molecule has 0 radical (unpaired) electrons. The van der Waals surface area contributed by atoms with E-state index in [0.29, 0.717) is 42.8 Å². The van der Waals surface area contributed by atoms with Crippen LogP contribution in [0, 0.1) is 5.95 Å². The van der Waals surface area contributed by atoms with Crippen molar-refractivity contribution in [2.45, 2.75) is 19.5 Å². The van der Waals surface area contributed by atoms with Crippen LogP contribution in [0.25, 0.3) is 11.6 Å². The average Bonchev–Trinajstić information content (AvgIpc) is 3.10. The highest BCUT2D eigenvalue weighted by Crippen LogP contribution is 2.37. The van der Waals surface area contributed by atoms with Crippen molar-refractivity contribution in [2.75, 3.05) is 29.4 Å². The number of piperazine rings is 1. The van der Waals surface area contributed by atoms with Gasteiger partial charge in [0, 0.05) is 55.1 Å². The van der Waals surface area contributed by atoms with Gasteiger partial charge >= 0.3 is 0 Å². The molecule has 2 aliphatic heterocycles. The lowest BCUT2D eigenvalue weighted by molar-refractivity contribution is -0.120. The Hall–Kier alpha value is -3.69. The predicted molar refractivity (Wildman–Crippen MR) is 107 cm³/mol. The number of aromatic nitrogens is 5. The lowest BCUT2D eigenvalue weighted by Gasteiger charge is -2.30. The third-order valence-electron chi connectivity index (χ3n) is 5.37. The van der Waals surface area contributed by atoms with E-state index in [1.54, 1.807) is 24.7 Å². The fourth-order valence-electron chi connectivity index (χ4n) is 3.83. The highest BCUT2D eigenvalue weighted by molar-refractivity contribution is 5.82. The summed E-state index contributed by atoms with van der Waals surface area (Å²) in [5, 5.41) is 2.78. The number of nitrogens with one attached hydrogen (secondary N) is 1. The smallest absolute Gasteiger partial charge is 0.239 e. The Morgan fingerprint density at radius 1 is 1.10 bits per heavy atom. The van der Waals surface area contributed by atoms with Crippen molar-refractivity contribution < 1.29 is 9.18 Å². The molecule has 0 saturated carbocycles. The second-order valence-corrected chi connectivity index (χ2v) is 7.25. The minimum absolute atomic E-state index is 0.0717. The van der Waals surface area contributed by atoms with E-state index in [1.165, 1.54) is 6.07 Å². The molecule has 1 amide bonds. The number of carbonyl (C=O) groups is 1. The number of hydrogen-bond donors (Lipinski definition) is 1. The zero-order valence-electron chi connectivity index (χ0n) is 16.3. The summed E-state index contributed by atoms with van der Waals surface area (Å²) in [5.74, 6) is 0.754. The number of nitrogens with zero attached hydrogens (tertiary/aromatic N) is 7. The zero-order valence-corrected chi connectivity index (χ0v) is 16.3. The molecule has 1 unspecified atom stereocenters. The molecule has 1 fully saturated rings. The van der Waals surface area contributed by atoms with Crippen molar-refractivity contribution >= 4 is 17.4 Å². The molecule has 2 aliphatic rings. The summed E-state index contributed by atoms with van der Waals surface area (Å²) >= 11 is 0. The first-order valence-corrected chi connectivity index (χ1v) is 9.67. The van der Waals surface area contributed by atoms with Crippen LogP contribution >= 0.6 is 0 Å². The molecule has 0 bridgehead atoms. The first-order valence-electron chi connectivity index (χ1n) is 9.67. The summed E-state index contributed by atoms with van der Waals surface area (Å²) in [7, 11) is 0. The molecule has 9 nitrogen and oxygen atoms in total. The maximum absolute atomic E-state index is 14.4. The third-order valence-corrected chi connectivity index (χ3v) is 5.37. The molecule has 1 saturated heterocycles. The van der Waals surface area contributed by atoms with Crippen LogP contribution in [0.5, 0.6) is 0 Å². The molecule has 0 spiro atoms. The number of carbonyl (C=O) groups excluding carboxylic acids is 1. The monoisotopic (exact) mass is 406 g/mol. The SMILES string of the molecule is CC1c2cnc(-c3ncccn3)nc2CN1c1cc(N2CCNC(=O)C2)cc(F)n1. The maximum Gasteiger partial charge on any atom is 0.239 e. The van der Waals surface area contributed by atoms with Gasteiger partial charge in [-0.1, -0.05) is 0 Å². The molecular weight excluding hydrogens is 387 g/mol. The first-order chi connectivity index (χ1) is 14.6. The van der Waals surface area contributed by atoms with Gasteiger partial charge in [-0.2, -0.15) is 4.39 Å². The van der Waals surface area contributed by atoms with E-state index >= 15 is 0 Å². The minimum Gasteiger partial charge on any atom is -0.360 e. The van der Waals surface area contributed by atoms with Gasteiger partial charge in [0.25, 0.3) is 0 Å². The fraction of sp³-hybridized carbons (Fsp3) is 0.300. The van der Waals surface area contributed by atoms with Crippen molar-refractivity contribution in [1.29, 1.82) is 0 Å². The van der Waals surface area contributed by atoms with Crippen LogP contribution in [0.4, 0.5) is 15.9 Å². The normalized spacial score (nSPS) is 18.3. The zero-order chi connectivity index (χ0) is 20.7. The highest BCUT2D eigenvalue weighted by Gasteiger charge is 2.31. The Labute approximate surface area is 172 Å². The summed E-state index contributed by atoms with van der Waals surface area (Å²) in [6.45, 7) is 3.83. The maximum atomic E-state index is 14.4. The molecule has 0 aromatic carbocycles. The van der Waals surface area contributed by atoms with E-state index in [0.717, 1.165) is 11.3 Å². The van der Waals surface area contributed by atoms with E-state index in [2.05, 4.69) is 30.2 Å². The highest BCUT2D eigenvalue weighted by atomic mass is 19.1. The standard InChI is InChI=1S/C20H19FN8O/c1-12-14-9-25-20(19-23-3-2-4-24-19)26-15(14)10-29(12)17-8-13(7-16(21)27-17)28-6-5-22-18(30)11-28/h2-4,7-9,12H,5-6,10-11H2,1H3,(H,22,30). The number of rotatable bonds is 3. The quantitative estimate of drug-likeness (QED) is 0.653. The molecule has 1 N–H and O–H groups in total. The number of pyridine rings is 1. The van der Waals surface area contributed by atoms with E-state index in [-0.39, 0.29) is 18.5 Å². The van der Waals surface area contributed by atoms with Crippen LogP contribution in [-0.2, 0) is 11.3 Å². The molecule has 5 heterocycles. The average molecular weight is 406 g/mol. The first kappa shape index (κ1) is 18.3. The third kappa shape index (κ3) is 3.30. The minimum atomic E-state index is -0.582. The van der Waals surface area contributed by atoms with E-state index in [9.17, 15) is 9.18 Å². The van der Waals surface area contributed by atoms with Gasteiger partial charge < -0.3 is 15.1 Å². The molecule has 0 aliphatic carbocycles. The van der Waals surface area contributed by atoms with E-state index in [4.69, 9.17) is 0 Å². The van der Waals surface area contributed by atoms with Crippen molar-refractivity contribution in [3.8, 4) is 11.6 Å². The molecule has 3 aromatic rings. The van der Waals surface area contributed by atoms with Crippen molar-refractivity contribution in [2.24, 2.45) is 0 Å².